The first kappa shape index (κ1) is 9.96. The molecule has 0 saturated carbocycles. The van der Waals surface area contributed by atoms with Crippen LogP contribution in [0.25, 0.3) is 0 Å². The minimum atomic E-state index is -0.493. The third kappa shape index (κ3) is 2.17. The van der Waals surface area contributed by atoms with Gasteiger partial charge in [-0.3, -0.25) is 4.79 Å². The topological polar surface area (TPSA) is 20.3 Å². The number of amides is 1. The lowest BCUT2D eigenvalue weighted by Gasteiger charge is -2.24. The number of nitrogens with zero attached hydrogens (tertiary/aromatic N) is 1. The molecule has 0 spiro atoms. The second kappa shape index (κ2) is 4.21. The highest BCUT2D eigenvalue weighted by atomic mass is 19.1. The lowest BCUT2D eigenvalue weighted by atomic mass is 10.1. The standard InChI is InChI=1S/C10H14FNO/c1-3-5-9(8(2)11)12-7-4-6-10(12)13/h3,9H,1-2,4-7H2. The van der Waals surface area contributed by atoms with E-state index in [9.17, 15) is 9.18 Å². The molecule has 1 rings (SSSR count). The summed E-state index contributed by atoms with van der Waals surface area (Å²) in [6.07, 6.45) is 3.41. The van der Waals surface area contributed by atoms with Crippen molar-refractivity contribution < 1.29 is 9.18 Å². The summed E-state index contributed by atoms with van der Waals surface area (Å²) in [4.78, 5) is 12.8. The second-order valence-electron chi connectivity index (χ2n) is 3.18. The fourth-order valence-corrected chi connectivity index (χ4v) is 1.58. The molecule has 1 amide bonds. The van der Waals surface area contributed by atoms with Gasteiger partial charge in [0.05, 0.1) is 6.04 Å². The predicted molar refractivity (Wildman–Crippen MR) is 49.8 cm³/mol. The van der Waals surface area contributed by atoms with Gasteiger partial charge in [-0.05, 0) is 12.8 Å². The van der Waals surface area contributed by atoms with Crippen LogP contribution in [0.15, 0.2) is 25.1 Å². The highest BCUT2D eigenvalue weighted by Gasteiger charge is 2.28. The Morgan fingerprint density at radius 2 is 2.46 bits per heavy atom. The van der Waals surface area contributed by atoms with Crippen molar-refractivity contribution in [2.24, 2.45) is 0 Å². The fourth-order valence-electron chi connectivity index (χ4n) is 1.58. The molecule has 2 nitrogen and oxygen atoms in total. The van der Waals surface area contributed by atoms with E-state index in [-0.39, 0.29) is 5.91 Å². The van der Waals surface area contributed by atoms with Crippen LogP contribution in [0.1, 0.15) is 19.3 Å². The van der Waals surface area contributed by atoms with Gasteiger partial charge < -0.3 is 4.90 Å². The molecule has 72 valence electrons. The highest BCUT2D eigenvalue weighted by Crippen LogP contribution is 2.21. The Hall–Kier alpha value is -1.12. The van der Waals surface area contributed by atoms with Crippen molar-refractivity contribution in [1.29, 1.82) is 0 Å². The summed E-state index contributed by atoms with van der Waals surface area (Å²) in [5.41, 5.74) is 0. The summed E-state index contributed by atoms with van der Waals surface area (Å²) < 4.78 is 12.9. The maximum atomic E-state index is 12.9. The van der Waals surface area contributed by atoms with Gasteiger partial charge in [-0.15, -0.1) is 6.58 Å². The summed E-state index contributed by atoms with van der Waals surface area (Å²) in [5.74, 6) is -0.430. The molecule has 0 N–H and O–H groups in total. The van der Waals surface area contributed by atoms with Gasteiger partial charge in [0.2, 0.25) is 5.91 Å². The number of likely N-dealkylation sites (tertiary alicyclic amines) is 1. The first-order valence-corrected chi connectivity index (χ1v) is 4.41. The summed E-state index contributed by atoms with van der Waals surface area (Å²) in [6, 6.07) is -0.493. The molecule has 0 aromatic carbocycles. The zero-order chi connectivity index (χ0) is 9.84. The molecule has 0 aliphatic carbocycles. The highest BCUT2D eigenvalue weighted by molar-refractivity contribution is 5.78. The summed E-state index contributed by atoms with van der Waals surface area (Å²) >= 11 is 0. The molecule has 1 unspecified atom stereocenters. The van der Waals surface area contributed by atoms with Gasteiger partial charge in [-0.25, -0.2) is 4.39 Å². The molecular weight excluding hydrogens is 169 g/mol. The van der Waals surface area contributed by atoms with E-state index < -0.39 is 11.9 Å². The maximum Gasteiger partial charge on any atom is 0.223 e. The molecule has 1 fully saturated rings. The Morgan fingerprint density at radius 3 is 2.85 bits per heavy atom. The smallest absolute Gasteiger partial charge is 0.223 e. The lowest BCUT2D eigenvalue weighted by molar-refractivity contribution is -0.129. The first-order chi connectivity index (χ1) is 6.16. The van der Waals surface area contributed by atoms with Crippen LogP contribution in [0.5, 0.6) is 0 Å². The van der Waals surface area contributed by atoms with E-state index in [1.807, 2.05) is 0 Å². The molecule has 1 atom stereocenters. The van der Waals surface area contributed by atoms with Crippen LogP contribution in [0, 0.1) is 0 Å². The minimum absolute atomic E-state index is 0.0191. The molecule has 0 aromatic heterocycles. The monoisotopic (exact) mass is 183 g/mol. The Kier molecular flexibility index (Phi) is 3.23. The minimum Gasteiger partial charge on any atom is -0.333 e. The number of carbonyl (C=O) groups excluding carboxylic acids is 1. The van der Waals surface area contributed by atoms with Crippen LogP contribution in [-0.4, -0.2) is 23.4 Å². The number of hydrogen-bond donors (Lipinski definition) is 0. The van der Waals surface area contributed by atoms with Gasteiger partial charge in [0.1, 0.15) is 5.83 Å². The van der Waals surface area contributed by atoms with Crippen molar-refractivity contribution in [3.05, 3.63) is 25.1 Å². The van der Waals surface area contributed by atoms with E-state index in [0.29, 0.717) is 19.4 Å². The second-order valence-corrected chi connectivity index (χ2v) is 3.18. The molecule has 0 radical (unpaired) electrons. The third-order valence-electron chi connectivity index (χ3n) is 2.24. The van der Waals surface area contributed by atoms with E-state index >= 15 is 0 Å². The van der Waals surface area contributed by atoms with Gasteiger partial charge in [-0.2, -0.15) is 0 Å². The molecule has 0 aromatic rings. The maximum absolute atomic E-state index is 12.9. The first-order valence-electron chi connectivity index (χ1n) is 4.41. The Bertz CT molecular complexity index is 237. The predicted octanol–water partition coefficient (Wildman–Crippen LogP) is 2.04. The van der Waals surface area contributed by atoms with Crippen molar-refractivity contribution in [2.45, 2.75) is 25.3 Å². The van der Waals surface area contributed by atoms with Crippen molar-refractivity contribution in [3.8, 4) is 0 Å². The van der Waals surface area contributed by atoms with Gasteiger partial charge in [-0.1, -0.05) is 12.7 Å². The zero-order valence-corrected chi connectivity index (χ0v) is 7.63. The molecule has 13 heavy (non-hydrogen) atoms. The van der Waals surface area contributed by atoms with Gasteiger partial charge in [0.15, 0.2) is 0 Å². The lowest BCUT2D eigenvalue weighted by Crippen LogP contribution is -2.36. The van der Waals surface area contributed by atoms with Crippen LogP contribution in [0.4, 0.5) is 4.39 Å². The summed E-state index contributed by atoms with van der Waals surface area (Å²) in [5, 5.41) is 0. The van der Waals surface area contributed by atoms with Gasteiger partial charge >= 0.3 is 0 Å². The van der Waals surface area contributed by atoms with E-state index in [1.54, 1.807) is 11.0 Å². The number of hydrogen-bond acceptors (Lipinski definition) is 1. The van der Waals surface area contributed by atoms with Crippen LogP contribution in [0.3, 0.4) is 0 Å². The largest absolute Gasteiger partial charge is 0.333 e. The normalized spacial score (nSPS) is 18.8. The van der Waals surface area contributed by atoms with Crippen LogP contribution < -0.4 is 0 Å². The Balaban J connectivity index is 2.68. The number of carbonyl (C=O) groups is 1. The van der Waals surface area contributed by atoms with Gasteiger partial charge in [0, 0.05) is 13.0 Å². The van der Waals surface area contributed by atoms with Crippen LogP contribution >= 0.6 is 0 Å². The Labute approximate surface area is 77.7 Å². The average Bonchev–Trinajstić information content (AvgIpc) is 2.47. The van der Waals surface area contributed by atoms with Crippen LogP contribution in [-0.2, 0) is 4.79 Å². The summed E-state index contributed by atoms with van der Waals surface area (Å²) in [6.45, 7) is 7.42. The average molecular weight is 183 g/mol. The van der Waals surface area contributed by atoms with Crippen LogP contribution in [0.2, 0.25) is 0 Å². The molecule has 3 heteroatoms. The van der Waals surface area contributed by atoms with Crippen molar-refractivity contribution in [1.82, 2.24) is 4.90 Å². The molecular formula is C10H14FNO. The van der Waals surface area contributed by atoms with E-state index in [2.05, 4.69) is 13.2 Å². The fraction of sp³-hybridized carbons (Fsp3) is 0.500. The Morgan fingerprint density at radius 1 is 1.77 bits per heavy atom. The molecule has 1 aliphatic heterocycles. The summed E-state index contributed by atoms with van der Waals surface area (Å²) in [7, 11) is 0. The molecule has 1 heterocycles. The molecule has 1 aliphatic rings. The van der Waals surface area contributed by atoms with E-state index in [1.165, 1.54) is 0 Å². The van der Waals surface area contributed by atoms with E-state index in [0.717, 1.165) is 6.42 Å². The van der Waals surface area contributed by atoms with Gasteiger partial charge in [0.25, 0.3) is 0 Å². The number of rotatable bonds is 4. The molecule has 1 saturated heterocycles. The zero-order valence-electron chi connectivity index (χ0n) is 7.63. The quantitative estimate of drug-likeness (QED) is 0.611. The third-order valence-corrected chi connectivity index (χ3v) is 2.24. The SMILES string of the molecule is C=CCC(C(=C)F)N1CCCC1=O. The van der Waals surface area contributed by atoms with Crippen molar-refractivity contribution in [3.63, 3.8) is 0 Å². The number of halogens is 1. The van der Waals surface area contributed by atoms with Crippen molar-refractivity contribution >= 4 is 5.91 Å². The molecule has 0 bridgehead atoms. The van der Waals surface area contributed by atoms with Crippen molar-refractivity contribution in [2.75, 3.05) is 6.54 Å². The van der Waals surface area contributed by atoms with E-state index in [4.69, 9.17) is 0 Å².